The van der Waals surface area contributed by atoms with E-state index >= 15 is 0 Å². The fourth-order valence-electron chi connectivity index (χ4n) is 1.35. The molecule has 94 valence electrons. The number of nitrogens with one attached hydrogen (secondary N) is 1. The molecule has 2 rings (SSSR count). The molecule has 0 unspecified atom stereocenters. The monoisotopic (exact) mass is 239 g/mol. The molecule has 0 bridgehead atoms. The predicted octanol–water partition coefficient (Wildman–Crippen LogP) is 1.39. The van der Waals surface area contributed by atoms with E-state index in [-0.39, 0.29) is 17.4 Å². The third kappa shape index (κ3) is 4.22. The van der Waals surface area contributed by atoms with Gasteiger partial charge in [0.05, 0.1) is 6.61 Å². The second-order valence-electron chi connectivity index (χ2n) is 3.51. The van der Waals surface area contributed by atoms with Gasteiger partial charge < -0.3 is 20.3 Å². The van der Waals surface area contributed by atoms with Crippen molar-refractivity contribution in [3.05, 3.63) is 18.2 Å². The Kier molecular flexibility index (Phi) is 5.13. The first-order valence-electron chi connectivity index (χ1n) is 5.55. The van der Waals surface area contributed by atoms with Crippen molar-refractivity contribution in [2.45, 2.75) is 19.8 Å². The van der Waals surface area contributed by atoms with Crippen LogP contribution in [0.15, 0.2) is 18.2 Å². The lowest BCUT2D eigenvalue weighted by Crippen LogP contribution is -2.12. The topological polar surface area (TPSA) is 78.8 Å². The van der Waals surface area contributed by atoms with E-state index < -0.39 is 0 Å². The summed E-state index contributed by atoms with van der Waals surface area (Å²) in [6, 6.07) is 4.61. The Balaban J connectivity index is 0.000000202. The Morgan fingerprint density at radius 3 is 2.65 bits per heavy atom. The lowest BCUT2D eigenvalue weighted by Gasteiger charge is -2.05. The Labute approximate surface area is 100 Å². The van der Waals surface area contributed by atoms with E-state index in [0.29, 0.717) is 12.4 Å². The van der Waals surface area contributed by atoms with E-state index in [9.17, 15) is 4.79 Å². The number of phenolic OH excluding ortho intramolecular Hbond substituents is 2. The zero-order valence-electron chi connectivity index (χ0n) is 9.77. The molecule has 3 N–H and O–H groups in total. The van der Waals surface area contributed by atoms with Crippen LogP contribution in [0.4, 0.5) is 0 Å². The molecule has 0 radical (unpaired) electrons. The van der Waals surface area contributed by atoms with Crippen molar-refractivity contribution in [2.24, 2.45) is 0 Å². The maximum absolute atomic E-state index is 10.1. The van der Waals surface area contributed by atoms with Crippen molar-refractivity contribution in [3.8, 4) is 17.2 Å². The standard InChI is InChI=1S/C8H10O3.C4H7NO/c1-2-11-7-5-3-4-6(9)8(7)10;6-4-2-1-3-5-4/h3-5,9-10H,2H2,1H3;1-3H2,(H,5,6). The van der Waals surface area contributed by atoms with Gasteiger partial charge in [-0.15, -0.1) is 0 Å². The lowest BCUT2D eigenvalue weighted by molar-refractivity contribution is -0.119. The number of ether oxygens (including phenoxy) is 1. The van der Waals surface area contributed by atoms with Crippen molar-refractivity contribution >= 4 is 5.91 Å². The van der Waals surface area contributed by atoms with Crippen LogP contribution in [-0.4, -0.2) is 29.3 Å². The number of hydrogen-bond donors (Lipinski definition) is 3. The number of carbonyl (C=O) groups is 1. The minimum absolute atomic E-state index is 0.157. The summed E-state index contributed by atoms with van der Waals surface area (Å²) in [5.41, 5.74) is 0. The summed E-state index contributed by atoms with van der Waals surface area (Å²) in [5.74, 6) is 0.160. The number of phenols is 2. The van der Waals surface area contributed by atoms with Gasteiger partial charge >= 0.3 is 0 Å². The highest BCUT2D eigenvalue weighted by Gasteiger charge is 2.05. The maximum atomic E-state index is 10.1. The molecule has 5 nitrogen and oxygen atoms in total. The fraction of sp³-hybridized carbons (Fsp3) is 0.417. The van der Waals surface area contributed by atoms with Gasteiger partial charge in [0.2, 0.25) is 11.7 Å². The lowest BCUT2D eigenvalue weighted by atomic mass is 10.3. The van der Waals surface area contributed by atoms with E-state index in [1.54, 1.807) is 12.1 Å². The number of hydrogen-bond acceptors (Lipinski definition) is 4. The number of para-hydroxylation sites is 1. The van der Waals surface area contributed by atoms with Gasteiger partial charge in [-0.25, -0.2) is 0 Å². The molecule has 1 aromatic carbocycles. The van der Waals surface area contributed by atoms with Gasteiger partial charge in [0.1, 0.15) is 0 Å². The van der Waals surface area contributed by atoms with Gasteiger partial charge in [-0.1, -0.05) is 6.07 Å². The molecule has 0 atom stereocenters. The molecular formula is C12H17NO4. The van der Waals surface area contributed by atoms with Gasteiger partial charge in [-0.3, -0.25) is 4.79 Å². The normalized spacial score (nSPS) is 13.6. The van der Waals surface area contributed by atoms with Crippen LogP contribution >= 0.6 is 0 Å². The molecule has 1 fully saturated rings. The molecule has 1 amide bonds. The molecule has 0 aromatic heterocycles. The van der Waals surface area contributed by atoms with Crippen LogP contribution in [0.3, 0.4) is 0 Å². The summed E-state index contributed by atoms with van der Waals surface area (Å²) >= 11 is 0. The van der Waals surface area contributed by atoms with Gasteiger partial charge in [-0.05, 0) is 25.5 Å². The molecule has 1 aromatic rings. The highest BCUT2D eigenvalue weighted by atomic mass is 16.5. The molecule has 0 aliphatic carbocycles. The molecular weight excluding hydrogens is 222 g/mol. The second-order valence-corrected chi connectivity index (χ2v) is 3.51. The third-order valence-electron chi connectivity index (χ3n) is 2.18. The van der Waals surface area contributed by atoms with Crippen molar-refractivity contribution in [1.82, 2.24) is 5.32 Å². The van der Waals surface area contributed by atoms with Crippen LogP contribution < -0.4 is 10.1 Å². The SMILES string of the molecule is CCOc1cccc(O)c1O.O=C1CCCN1. The molecule has 0 spiro atoms. The van der Waals surface area contributed by atoms with E-state index in [1.807, 2.05) is 6.92 Å². The smallest absolute Gasteiger partial charge is 0.220 e. The predicted molar refractivity (Wildman–Crippen MR) is 63.2 cm³/mol. The van der Waals surface area contributed by atoms with Crippen LogP contribution in [0.2, 0.25) is 0 Å². The summed E-state index contributed by atoms with van der Waals surface area (Å²) < 4.78 is 5.01. The van der Waals surface area contributed by atoms with Gasteiger partial charge in [-0.2, -0.15) is 0 Å². The minimum atomic E-state index is -0.200. The zero-order chi connectivity index (χ0) is 12.7. The van der Waals surface area contributed by atoms with E-state index in [4.69, 9.17) is 14.9 Å². The van der Waals surface area contributed by atoms with Crippen LogP contribution in [0.1, 0.15) is 19.8 Å². The highest BCUT2D eigenvalue weighted by molar-refractivity contribution is 5.77. The summed E-state index contributed by atoms with van der Waals surface area (Å²) in [4.78, 5) is 10.1. The quantitative estimate of drug-likeness (QED) is 0.681. The molecule has 1 aliphatic heterocycles. The summed E-state index contributed by atoms with van der Waals surface area (Å²) in [6.07, 6.45) is 1.76. The van der Waals surface area contributed by atoms with Crippen LogP contribution in [0, 0.1) is 0 Å². The van der Waals surface area contributed by atoms with Gasteiger partial charge in [0, 0.05) is 13.0 Å². The first-order chi connectivity index (χ1) is 8.15. The van der Waals surface area contributed by atoms with Crippen LogP contribution in [-0.2, 0) is 4.79 Å². The Morgan fingerprint density at radius 2 is 2.18 bits per heavy atom. The molecule has 1 heterocycles. The van der Waals surface area contributed by atoms with E-state index in [1.165, 1.54) is 6.07 Å². The molecule has 0 saturated carbocycles. The van der Waals surface area contributed by atoms with Crippen LogP contribution in [0.25, 0.3) is 0 Å². The minimum Gasteiger partial charge on any atom is -0.504 e. The average Bonchev–Trinajstić information content (AvgIpc) is 2.77. The second kappa shape index (κ2) is 6.62. The van der Waals surface area contributed by atoms with E-state index in [0.717, 1.165) is 19.4 Å². The van der Waals surface area contributed by atoms with Gasteiger partial charge in [0.25, 0.3) is 0 Å². The first kappa shape index (κ1) is 13.2. The Bertz CT molecular complexity index is 371. The number of benzene rings is 1. The highest BCUT2D eigenvalue weighted by Crippen LogP contribution is 2.34. The van der Waals surface area contributed by atoms with Crippen molar-refractivity contribution in [3.63, 3.8) is 0 Å². The molecule has 1 aliphatic rings. The Morgan fingerprint density at radius 1 is 1.41 bits per heavy atom. The average molecular weight is 239 g/mol. The summed E-state index contributed by atoms with van der Waals surface area (Å²) in [7, 11) is 0. The maximum Gasteiger partial charge on any atom is 0.220 e. The largest absolute Gasteiger partial charge is 0.504 e. The van der Waals surface area contributed by atoms with E-state index in [2.05, 4.69) is 5.32 Å². The summed E-state index contributed by atoms with van der Waals surface area (Å²) in [5, 5.41) is 20.8. The third-order valence-corrected chi connectivity index (χ3v) is 2.18. The van der Waals surface area contributed by atoms with Gasteiger partial charge in [0.15, 0.2) is 11.5 Å². The molecule has 17 heavy (non-hydrogen) atoms. The van der Waals surface area contributed by atoms with Crippen molar-refractivity contribution < 1.29 is 19.7 Å². The molecule has 5 heteroatoms. The van der Waals surface area contributed by atoms with Crippen molar-refractivity contribution in [1.29, 1.82) is 0 Å². The van der Waals surface area contributed by atoms with Crippen LogP contribution in [0.5, 0.6) is 17.2 Å². The molecule has 1 saturated heterocycles. The number of rotatable bonds is 2. The summed E-state index contributed by atoms with van der Waals surface area (Å²) in [6.45, 7) is 3.17. The number of carbonyl (C=O) groups excluding carboxylic acids is 1. The Hall–Kier alpha value is -1.91. The zero-order valence-corrected chi connectivity index (χ0v) is 9.77. The number of aromatic hydroxyl groups is 2. The number of amides is 1. The van der Waals surface area contributed by atoms with Crippen molar-refractivity contribution in [2.75, 3.05) is 13.2 Å². The first-order valence-corrected chi connectivity index (χ1v) is 5.55. The fourth-order valence-corrected chi connectivity index (χ4v) is 1.35.